The summed E-state index contributed by atoms with van der Waals surface area (Å²) in [6.45, 7) is 0. The zero-order valence-corrected chi connectivity index (χ0v) is 8.52. The molecule has 0 aliphatic rings. The summed E-state index contributed by atoms with van der Waals surface area (Å²) >= 11 is 2.21. The molecule has 0 aliphatic heterocycles. The molecule has 0 unspecified atom stereocenters. The summed E-state index contributed by atoms with van der Waals surface area (Å²) in [7, 11) is 1.60. The van der Waals surface area contributed by atoms with Crippen LogP contribution in [-0.2, 0) is 0 Å². The molecule has 56 valence electrons. The van der Waals surface area contributed by atoms with E-state index in [4.69, 9.17) is 0 Å². The van der Waals surface area contributed by atoms with Crippen LogP contribution < -0.4 is 0 Å². The maximum absolute atomic E-state index is 4.33. The van der Waals surface area contributed by atoms with Crippen molar-refractivity contribution >= 4 is 41.2 Å². The van der Waals surface area contributed by atoms with Gasteiger partial charge in [0.05, 0.1) is 11.0 Å². The van der Waals surface area contributed by atoms with Crippen LogP contribution in [0.25, 0.3) is 11.0 Å². The highest BCUT2D eigenvalue weighted by molar-refractivity contribution is 14.2. The Morgan fingerprint density at radius 2 is 2.18 bits per heavy atom. The number of aromatic nitrogens is 2. The van der Waals surface area contributed by atoms with E-state index in [0.717, 1.165) is 16.2 Å². The number of halogens is 1. The Balaban J connectivity index is 2.69. The summed E-state index contributed by atoms with van der Waals surface area (Å²) in [4.78, 5) is 7.52. The van der Waals surface area contributed by atoms with E-state index < -0.39 is 0 Å². The Labute approximate surface area is 80.4 Å². The van der Waals surface area contributed by atoms with E-state index in [-0.39, 0.29) is 0 Å². The molecule has 2 rings (SSSR count). The molecular weight excluding hydrogens is 271 g/mol. The smallest absolute Gasteiger partial charge is 0.176 e. The van der Waals surface area contributed by atoms with Gasteiger partial charge in [-0.2, -0.15) is 0 Å². The number of hydrogen-bond donors (Lipinski definition) is 1. The lowest BCUT2D eigenvalue weighted by Gasteiger charge is -1.81. The lowest BCUT2D eigenvalue weighted by molar-refractivity contribution is 1.09. The molecule has 2 aromatic rings. The van der Waals surface area contributed by atoms with Crippen LogP contribution >= 0.6 is 30.1 Å². The van der Waals surface area contributed by atoms with E-state index in [1.54, 1.807) is 8.93 Å². The number of benzene rings is 1. The van der Waals surface area contributed by atoms with Crippen molar-refractivity contribution in [3.8, 4) is 0 Å². The summed E-state index contributed by atoms with van der Waals surface area (Å²) in [5, 5.41) is 0.965. The predicted molar refractivity (Wildman–Crippen MR) is 56.0 cm³/mol. The van der Waals surface area contributed by atoms with E-state index in [1.807, 2.05) is 24.3 Å². The normalized spacial score (nSPS) is 10.6. The third-order valence-electron chi connectivity index (χ3n) is 1.44. The van der Waals surface area contributed by atoms with E-state index in [0.29, 0.717) is 0 Å². The van der Waals surface area contributed by atoms with Crippen molar-refractivity contribution in [2.24, 2.45) is 0 Å². The molecule has 1 aromatic carbocycles. The largest absolute Gasteiger partial charge is 0.332 e. The highest BCUT2D eigenvalue weighted by Crippen LogP contribution is 2.23. The molecule has 0 atom stereocenters. The number of hydrogen-bond acceptors (Lipinski definition) is 2. The summed E-state index contributed by atoms with van der Waals surface area (Å²) in [5.74, 6) is 0. The third kappa shape index (κ3) is 1.37. The first-order valence-corrected chi connectivity index (χ1v) is 6.49. The standard InChI is InChI=1S/C7H5IN2S/c8-11-7-9-5-3-1-2-4-6(5)10-7/h1-4H,(H,9,10). The van der Waals surface area contributed by atoms with Crippen molar-refractivity contribution in [3.63, 3.8) is 0 Å². The van der Waals surface area contributed by atoms with Gasteiger partial charge >= 0.3 is 0 Å². The summed E-state index contributed by atoms with van der Waals surface area (Å²) in [6.07, 6.45) is 0. The van der Waals surface area contributed by atoms with E-state index >= 15 is 0 Å². The minimum Gasteiger partial charge on any atom is -0.332 e. The Morgan fingerprint density at radius 3 is 2.91 bits per heavy atom. The molecule has 0 radical (unpaired) electrons. The number of rotatable bonds is 1. The van der Waals surface area contributed by atoms with Crippen molar-refractivity contribution in [3.05, 3.63) is 24.3 Å². The van der Waals surface area contributed by atoms with Crippen LogP contribution in [0.2, 0.25) is 0 Å². The van der Waals surface area contributed by atoms with E-state index in [9.17, 15) is 0 Å². The molecule has 1 aromatic heterocycles. The van der Waals surface area contributed by atoms with Crippen LogP contribution in [0, 0.1) is 0 Å². The number of nitrogens with zero attached hydrogens (tertiary/aromatic N) is 1. The van der Waals surface area contributed by atoms with Gasteiger partial charge in [-0.15, -0.1) is 0 Å². The fraction of sp³-hybridized carbons (Fsp3) is 0. The summed E-state index contributed by atoms with van der Waals surface area (Å²) < 4.78 is 0. The topological polar surface area (TPSA) is 28.7 Å². The first kappa shape index (κ1) is 7.42. The van der Waals surface area contributed by atoms with Gasteiger partial charge in [0.2, 0.25) is 0 Å². The van der Waals surface area contributed by atoms with Crippen molar-refractivity contribution in [2.45, 2.75) is 5.16 Å². The number of nitrogens with one attached hydrogen (secondary N) is 1. The highest BCUT2D eigenvalue weighted by Gasteiger charge is 1.98. The average Bonchev–Trinajstić information content (AvgIpc) is 2.46. The number of imidazole rings is 1. The van der Waals surface area contributed by atoms with Gasteiger partial charge in [-0.05, 0) is 21.1 Å². The average molecular weight is 276 g/mol. The van der Waals surface area contributed by atoms with E-state index in [1.165, 1.54) is 0 Å². The maximum Gasteiger partial charge on any atom is 0.176 e. The van der Waals surface area contributed by atoms with Crippen LogP contribution in [0.4, 0.5) is 0 Å². The minimum atomic E-state index is 0.965. The summed E-state index contributed by atoms with van der Waals surface area (Å²) in [5.41, 5.74) is 2.14. The van der Waals surface area contributed by atoms with Gasteiger partial charge in [-0.25, -0.2) is 4.98 Å². The Bertz CT molecular complexity index is 338. The van der Waals surface area contributed by atoms with Crippen molar-refractivity contribution < 1.29 is 0 Å². The van der Waals surface area contributed by atoms with E-state index in [2.05, 4.69) is 31.2 Å². The molecule has 0 aliphatic carbocycles. The fourth-order valence-electron chi connectivity index (χ4n) is 0.966. The van der Waals surface area contributed by atoms with Gasteiger partial charge in [0.25, 0.3) is 0 Å². The Hall–Kier alpha value is -0.230. The zero-order valence-electron chi connectivity index (χ0n) is 5.54. The Morgan fingerprint density at radius 1 is 1.36 bits per heavy atom. The first-order valence-electron chi connectivity index (χ1n) is 3.13. The molecule has 1 heterocycles. The summed E-state index contributed by atoms with van der Waals surface area (Å²) in [6, 6.07) is 8.02. The highest BCUT2D eigenvalue weighted by atomic mass is 127. The molecule has 0 saturated heterocycles. The van der Waals surface area contributed by atoms with Gasteiger partial charge in [0.15, 0.2) is 5.16 Å². The molecule has 0 bridgehead atoms. The lowest BCUT2D eigenvalue weighted by Crippen LogP contribution is -1.64. The second-order valence-electron chi connectivity index (χ2n) is 2.14. The van der Waals surface area contributed by atoms with Crippen LogP contribution in [0.1, 0.15) is 0 Å². The molecular formula is C7H5IN2S. The predicted octanol–water partition coefficient (Wildman–Crippen LogP) is 3.01. The Kier molecular flexibility index (Phi) is 2.04. The maximum atomic E-state index is 4.33. The molecule has 0 amide bonds. The first-order chi connectivity index (χ1) is 5.40. The monoisotopic (exact) mass is 276 g/mol. The zero-order chi connectivity index (χ0) is 7.68. The molecule has 4 heteroatoms. The van der Waals surface area contributed by atoms with Crippen LogP contribution in [0.3, 0.4) is 0 Å². The molecule has 0 fully saturated rings. The fourth-order valence-corrected chi connectivity index (χ4v) is 1.87. The molecule has 2 nitrogen and oxygen atoms in total. The quantitative estimate of drug-likeness (QED) is 0.811. The second-order valence-corrected chi connectivity index (χ2v) is 4.00. The number of aromatic amines is 1. The van der Waals surface area contributed by atoms with Gasteiger partial charge in [-0.1, -0.05) is 12.1 Å². The molecule has 1 N–H and O–H groups in total. The molecule has 0 saturated carbocycles. The molecule has 0 spiro atoms. The van der Waals surface area contributed by atoms with Gasteiger partial charge in [0, 0.05) is 21.2 Å². The van der Waals surface area contributed by atoms with Crippen molar-refractivity contribution in [2.75, 3.05) is 0 Å². The minimum absolute atomic E-state index is 0.965. The lowest BCUT2D eigenvalue weighted by atomic mass is 10.3. The van der Waals surface area contributed by atoms with Crippen LogP contribution in [0.5, 0.6) is 0 Å². The third-order valence-corrected chi connectivity index (χ3v) is 3.03. The SMILES string of the molecule is ISc1nc2ccccc2[nH]1. The van der Waals surface area contributed by atoms with Gasteiger partial charge in [0.1, 0.15) is 0 Å². The number of para-hydroxylation sites is 2. The van der Waals surface area contributed by atoms with Crippen LogP contribution in [-0.4, -0.2) is 9.97 Å². The van der Waals surface area contributed by atoms with Crippen molar-refractivity contribution in [1.29, 1.82) is 0 Å². The van der Waals surface area contributed by atoms with Gasteiger partial charge in [-0.3, -0.25) is 0 Å². The second kappa shape index (κ2) is 3.02. The number of H-pyrrole nitrogens is 1. The molecule has 11 heavy (non-hydrogen) atoms. The van der Waals surface area contributed by atoms with Crippen LogP contribution in [0.15, 0.2) is 29.4 Å². The van der Waals surface area contributed by atoms with Gasteiger partial charge < -0.3 is 4.98 Å². The number of fused-ring (bicyclic) bond motifs is 1. The van der Waals surface area contributed by atoms with Crippen molar-refractivity contribution in [1.82, 2.24) is 9.97 Å².